The second kappa shape index (κ2) is 3.08. The molecule has 0 saturated heterocycles. The van der Waals surface area contributed by atoms with Gasteiger partial charge in [-0.1, -0.05) is 59.2 Å². The molecule has 1 fully saturated rings. The molecule has 0 amide bonds. The molecule has 1 saturated carbocycles. The lowest BCUT2D eigenvalue weighted by Gasteiger charge is -2.49. The fourth-order valence-electron chi connectivity index (χ4n) is 3.54. The van der Waals surface area contributed by atoms with Crippen LogP contribution in [0.4, 0.5) is 0 Å². The van der Waals surface area contributed by atoms with E-state index in [4.69, 9.17) is 0 Å². The highest BCUT2D eigenvalue weighted by Gasteiger charge is 2.57. The van der Waals surface area contributed by atoms with Crippen molar-refractivity contribution in [3.8, 4) is 0 Å². The van der Waals surface area contributed by atoms with Gasteiger partial charge in [-0.05, 0) is 12.8 Å². The molecule has 80 valence electrons. The molecule has 3 rings (SSSR count). The van der Waals surface area contributed by atoms with Gasteiger partial charge in [0.25, 0.3) is 0 Å². The first-order chi connectivity index (χ1) is 7.20. The van der Waals surface area contributed by atoms with Gasteiger partial charge in [-0.3, -0.25) is 0 Å². The Hall–Kier alpha value is -0.340. The van der Waals surface area contributed by atoms with Gasteiger partial charge >= 0.3 is 0 Å². The Kier molecular flexibility index (Phi) is 2.02. The van der Waals surface area contributed by atoms with Crippen LogP contribution in [0, 0.1) is 10.8 Å². The highest BCUT2D eigenvalue weighted by Crippen LogP contribution is 2.63. The molecule has 0 aromatic heterocycles. The molecule has 0 unspecified atom stereocenters. The molecule has 0 radical (unpaired) electrons. The normalized spacial score (nSPS) is 47.3. The van der Waals surface area contributed by atoms with Crippen molar-refractivity contribution in [2.24, 2.45) is 10.8 Å². The van der Waals surface area contributed by atoms with Gasteiger partial charge in [0.05, 0.1) is 6.10 Å². The predicted octanol–water partition coefficient (Wildman–Crippen LogP) is 3.31. The monoisotopic (exact) mass is 266 g/mol. The second-order valence-corrected chi connectivity index (χ2v) is 5.85. The number of rotatable bonds is 0. The Morgan fingerprint density at radius 3 is 2.73 bits per heavy atom. The molecule has 0 bridgehead atoms. The molecule has 1 N–H and O–H groups in total. The first kappa shape index (κ1) is 9.86. The van der Waals surface area contributed by atoms with Crippen molar-refractivity contribution in [1.29, 1.82) is 0 Å². The summed E-state index contributed by atoms with van der Waals surface area (Å²) in [4.78, 5) is 0. The largest absolute Gasteiger partial charge is 0.387 e. The zero-order chi connectivity index (χ0) is 10.5. The molecule has 3 aliphatic carbocycles. The number of hydrogen-bond donors (Lipinski definition) is 1. The summed E-state index contributed by atoms with van der Waals surface area (Å²) in [6.45, 7) is 0. The van der Waals surface area contributed by atoms with Crippen LogP contribution in [0.15, 0.2) is 34.9 Å². The van der Waals surface area contributed by atoms with Crippen LogP contribution < -0.4 is 0 Å². The van der Waals surface area contributed by atoms with Gasteiger partial charge in [-0.2, -0.15) is 0 Å². The Balaban J connectivity index is 2.17. The third-order valence-corrected chi connectivity index (χ3v) is 5.00. The number of allylic oxidation sites excluding steroid dienone is 4. The van der Waals surface area contributed by atoms with Crippen LogP contribution in [0.2, 0.25) is 0 Å². The lowest BCUT2D eigenvalue weighted by atomic mass is 9.55. The standard InChI is InChI=1S/C13H15BrO/c14-10-9-12-5-1-3-7-13(12,11(10)15)8-4-2-6-12/h1,3,5,7,9,11,15H,2,4,6,8H2/t11-,12+,13+/m1/s1. The predicted molar refractivity (Wildman–Crippen MR) is 64.6 cm³/mol. The Labute approximate surface area is 98.7 Å². The van der Waals surface area contributed by atoms with Crippen LogP contribution >= 0.6 is 15.9 Å². The van der Waals surface area contributed by atoms with Crippen molar-refractivity contribution in [1.82, 2.24) is 0 Å². The molecule has 2 heteroatoms. The molecule has 3 aliphatic rings. The topological polar surface area (TPSA) is 20.2 Å². The third-order valence-electron chi connectivity index (χ3n) is 4.34. The molecule has 3 atom stereocenters. The molecule has 15 heavy (non-hydrogen) atoms. The van der Waals surface area contributed by atoms with Gasteiger partial charge < -0.3 is 5.11 Å². The minimum atomic E-state index is -0.348. The van der Waals surface area contributed by atoms with Gasteiger partial charge in [0.1, 0.15) is 0 Å². The van der Waals surface area contributed by atoms with Gasteiger partial charge in [-0.25, -0.2) is 0 Å². The first-order valence-electron chi connectivity index (χ1n) is 5.64. The van der Waals surface area contributed by atoms with E-state index in [9.17, 15) is 5.11 Å². The Morgan fingerprint density at radius 1 is 1.20 bits per heavy atom. The number of hydrogen-bond acceptors (Lipinski definition) is 1. The van der Waals surface area contributed by atoms with E-state index >= 15 is 0 Å². The van der Waals surface area contributed by atoms with Gasteiger partial charge in [0.2, 0.25) is 0 Å². The van der Waals surface area contributed by atoms with E-state index in [1.165, 1.54) is 19.3 Å². The van der Waals surface area contributed by atoms with Gasteiger partial charge in [0.15, 0.2) is 0 Å². The lowest BCUT2D eigenvalue weighted by molar-refractivity contribution is 0.0170. The summed E-state index contributed by atoms with van der Waals surface area (Å²) in [6, 6.07) is 0. The van der Waals surface area contributed by atoms with Crippen LogP contribution in [0.1, 0.15) is 25.7 Å². The number of halogens is 1. The number of aliphatic hydroxyl groups is 1. The molecule has 0 heterocycles. The minimum absolute atomic E-state index is 0.0567. The van der Waals surface area contributed by atoms with Crippen LogP contribution in [0.3, 0.4) is 0 Å². The van der Waals surface area contributed by atoms with Crippen molar-refractivity contribution < 1.29 is 5.11 Å². The molecule has 0 aromatic carbocycles. The molecule has 0 aromatic rings. The second-order valence-electron chi connectivity index (χ2n) is 4.94. The number of aliphatic hydroxyl groups excluding tert-OH is 1. The maximum absolute atomic E-state index is 10.4. The van der Waals surface area contributed by atoms with Crippen LogP contribution in [0.25, 0.3) is 0 Å². The fourth-order valence-corrected chi connectivity index (χ4v) is 4.36. The summed E-state index contributed by atoms with van der Waals surface area (Å²) >= 11 is 3.52. The van der Waals surface area contributed by atoms with Crippen LogP contribution in [-0.2, 0) is 0 Å². The average Bonchev–Trinajstić information content (AvgIpc) is 2.49. The van der Waals surface area contributed by atoms with E-state index < -0.39 is 0 Å². The minimum Gasteiger partial charge on any atom is -0.387 e. The maximum atomic E-state index is 10.4. The van der Waals surface area contributed by atoms with E-state index in [0.717, 1.165) is 10.9 Å². The van der Waals surface area contributed by atoms with Crippen molar-refractivity contribution in [3.63, 3.8) is 0 Å². The van der Waals surface area contributed by atoms with Gasteiger partial charge in [0, 0.05) is 15.3 Å². The third kappa shape index (κ3) is 1.07. The first-order valence-corrected chi connectivity index (χ1v) is 6.43. The van der Waals surface area contributed by atoms with E-state index in [0.29, 0.717) is 0 Å². The highest BCUT2D eigenvalue weighted by atomic mass is 79.9. The van der Waals surface area contributed by atoms with Crippen molar-refractivity contribution >= 4 is 15.9 Å². The maximum Gasteiger partial charge on any atom is 0.0953 e. The Bertz CT molecular complexity index is 382. The summed E-state index contributed by atoms with van der Waals surface area (Å²) in [5.74, 6) is 0. The summed E-state index contributed by atoms with van der Waals surface area (Å²) in [5.41, 5.74) is 0.0249. The van der Waals surface area contributed by atoms with Crippen molar-refractivity contribution in [2.45, 2.75) is 31.8 Å². The van der Waals surface area contributed by atoms with E-state index in [2.05, 4.69) is 46.3 Å². The van der Waals surface area contributed by atoms with Crippen molar-refractivity contribution in [2.75, 3.05) is 0 Å². The van der Waals surface area contributed by atoms with E-state index in [1.54, 1.807) is 0 Å². The molecule has 0 spiro atoms. The summed E-state index contributed by atoms with van der Waals surface area (Å²) in [7, 11) is 0. The zero-order valence-electron chi connectivity index (χ0n) is 8.62. The SMILES string of the molecule is O[C@@H]1C(Br)=C[C@@]23C=CC=C[C@]12CCCC3. The average molecular weight is 267 g/mol. The smallest absolute Gasteiger partial charge is 0.0953 e. The van der Waals surface area contributed by atoms with Crippen LogP contribution in [-0.4, -0.2) is 11.2 Å². The summed E-state index contributed by atoms with van der Waals surface area (Å²) in [5, 5.41) is 10.4. The van der Waals surface area contributed by atoms with Crippen molar-refractivity contribution in [3.05, 3.63) is 34.9 Å². The Morgan fingerprint density at radius 2 is 1.93 bits per heavy atom. The highest BCUT2D eigenvalue weighted by molar-refractivity contribution is 9.11. The molecular formula is C13H15BrO. The van der Waals surface area contributed by atoms with E-state index in [-0.39, 0.29) is 16.9 Å². The van der Waals surface area contributed by atoms with Gasteiger partial charge in [-0.15, -0.1) is 0 Å². The molecule has 1 nitrogen and oxygen atoms in total. The quantitative estimate of drug-likeness (QED) is 0.714. The molecular weight excluding hydrogens is 252 g/mol. The zero-order valence-corrected chi connectivity index (χ0v) is 10.2. The van der Waals surface area contributed by atoms with E-state index in [1.807, 2.05) is 0 Å². The molecule has 0 aliphatic heterocycles. The fraction of sp³-hybridized carbons (Fsp3) is 0.538. The summed E-state index contributed by atoms with van der Waals surface area (Å²) in [6.07, 6.45) is 15.4. The lowest BCUT2D eigenvalue weighted by Crippen LogP contribution is -2.45. The summed E-state index contributed by atoms with van der Waals surface area (Å²) < 4.78 is 0.973. The van der Waals surface area contributed by atoms with Crippen LogP contribution in [0.5, 0.6) is 0 Å².